The van der Waals surface area contributed by atoms with Crippen LogP contribution in [0.1, 0.15) is 5.56 Å². The molecule has 0 fully saturated rings. The summed E-state index contributed by atoms with van der Waals surface area (Å²) in [6, 6.07) is 8.99. The molecule has 0 N–H and O–H groups in total. The monoisotopic (exact) mass is 214 g/mol. The van der Waals surface area contributed by atoms with Gasteiger partial charge >= 0.3 is 0 Å². The van der Waals surface area contributed by atoms with Crippen molar-refractivity contribution in [3.8, 4) is 11.2 Å². The molecule has 0 aliphatic heterocycles. The van der Waals surface area contributed by atoms with Crippen LogP contribution in [0.2, 0.25) is 0 Å². The molecule has 1 aromatic carbocycles. The maximum absolute atomic E-state index is 11.6. The first-order valence-electron chi connectivity index (χ1n) is 3.90. The van der Waals surface area contributed by atoms with E-state index in [2.05, 4.69) is 0 Å². The number of benzene rings is 1. The third-order valence-corrected chi connectivity index (χ3v) is 2.36. The van der Waals surface area contributed by atoms with Crippen LogP contribution in [-0.4, -0.2) is 10.6 Å². The van der Waals surface area contributed by atoms with Crippen molar-refractivity contribution < 1.29 is 13.0 Å². The van der Waals surface area contributed by atoms with E-state index in [1.54, 1.807) is 30.2 Å². The van der Waals surface area contributed by atoms with Crippen molar-refractivity contribution in [3.63, 3.8) is 0 Å². The van der Waals surface area contributed by atoms with E-state index in [-0.39, 0.29) is 5.75 Å². The predicted octanol–water partition coefficient (Wildman–Crippen LogP) is 2.16. The van der Waals surface area contributed by atoms with E-state index >= 15 is 0 Å². The highest BCUT2D eigenvalue weighted by atomic mass is 32.2. The van der Waals surface area contributed by atoms with Gasteiger partial charge in [0.2, 0.25) is 0 Å². The van der Waals surface area contributed by atoms with Gasteiger partial charge in [-0.05, 0) is 11.5 Å². The maximum atomic E-state index is 11.6. The van der Waals surface area contributed by atoms with Crippen LogP contribution in [0.5, 0.6) is 0 Å². The van der Waals surface area contributed by atoms with E-state index in [1.165, 1.54) is 0 Å². The molecule has 1 nitrogen and oxygen atoms in total. The molecule has 14 heavy (non-hydrogen) atoms. The molecule has 0 aliphatic rings. The van der Waals surface area contributed by atoms with Gasteiger partial charge in [0.25, 0.3) is 6.43 Å². The Morgan fingerprint density at radius 2 is 1.93 bits per heavy atom. The highest BCUT2D eigenvalue weighted by Crippen LogP contribution is 2.02. The van der Waals surface area contributed by atoms with Crippen LogP contribution in [-0.2, 0) is 16.6 Å². The van der Waals surface area contributed by atoms with Gasteiger partial charge in [0, 0.05) is 5.25 Å². The molecular formula is C10H8F2OS. The minimum absolute atomic E-state index is 0.195. The number of rotatable bonds is 2. The smallest absolute Gasteiger partial charge is 0.246 e. The molecule has 0 aliphatic carbocycles. The number of alkyl halides is 2. The van der Waals surface area contributed by atoms with E-state index in [0.717, 1.165) is 5.56 Å². The van der Waals surface area contributed by atoms with Gasteiger partial charge in [0.1, 0.15) is 10.8 Å². The average molecular weight is 214 g/mol. The summed E-state index contributed by atoms with van der Waals surface area (Å²) >= 11 is 0. The van der Waals surface area contributed by atoms with Gasteiger partial charge in [-0.15, -0.1) is 0 Å². The zero-order chi connectivity index (χ0) is 10.4. The minimum Gasteiger partial charge on any atom is -0.246 e. The topological polar surface area (TPSA) is 17.1 Å². The first-order valence-corrected chi connectivity index (χ1v) is 5.22. The molecule has 1 aromatic rings. The molecule has 0 heterocycles. The van der Waals surface area contributed by atoms with Crippen molar-refractivity contribution in [2.24, 2.45) is 0 Å². The molecule has 0 amide bonds. The number of halogens is 2. The molecule has 4 heteroatoms. The summed E-state index contributed by atoms with van der Waals surface area (Å²) in [4.78, 5) is 0. The molecule has 0 spiro atoms. The first kappa shape index (κ1) is 10.9. The molecular weight excluding hydrogens is 206 g/mol. The summed E-state index contributed by atoms with van der Waals surface area (Å²) in [6.45, 7) is 0. The van der Waals surface area contributed by atoms with Crippen LogP contribution in [0.4, 0.5) is 8.78 Å². The van der Waals surface area contributed by atoms with Crippen molar-refractivity contribution in [3.05, 3.63) is 35.9 Å². The van der Waals surface area contributed by atoms with E-state index < -0.39 is 17.2 Å². The predicted molar refractivity (Wildman–Crippen MR) is 52.1 cm³/mol. The van der Waals surface area contributed by atoms with E-state index in [9.17, 15) is 13.0 Å². The lowest BCUT2D eigenvalue weighted by molar-refractivity contribution is 0.215. The zero-order valence-corrected chi connectivity index (χ0v) is 8.06. The number of hydrogen-bond acceptors (Lipinski definition) is 1. The molecule has 0 saturated carbocycles. The van der Waals surface area contributed by atoms with Gasteiger partial charge in [0.15, 0.2) is 0 Å². The highest BCUT2D eigenvalue weighted by Gasteiger charge is 1.98. The number of hydrogen-bond donors (Lipinski definition) is 0. The van der Waals surface area contributed by atoms with Crippen LogP contribution in [0.15, 0.2) is 30.3 Å². The fraction of sp³-hybridized carbons (Fsp3) is 0.200. The van der Waals surface area contributed by atoms with Gasteiger partial charge in [0.05, 0.1) is 5.75 Å². The zero-order valence-electron chi connectivity index (χ0n) is 7.24. The van der Waals surface area contributed by atoms with Crippen LogP contribution in [0.25, 0.3) is 0 Å². The maximum Gasteiger partial charge on any atom is 0.299 e. The Morgan fingerprint density at radius 1 is 1.29 bits per heavy atom. The van der Waals surface area contributed by atoms with Crippen molar-refractivity contribution in [2.45, 2.75) is 12.2 Å². The molecule has 1 unspecified atom stereocenters. The Kier molecular flexibility index (Phi) is 4.27. The standard InChI is InChI=1S/C10H8F2OS/c11-10(12)6-7-14(13)8-9-4-2-1-3-5-9/h1-5,10H,8H2. The Labute approximate surface area is 83.6 Å². The van der Waals surface area contributed by atoms with Crippen LogP contribution < -0.4 is 0 Å². The van der Waals surface area contributed by atoms with Crippen molar-refractivity contribution >= 4 is 10.8 Å². The van der Waals surface area contributed by atoms with Crippen LogP contribution in [0.3, 0.4) is 0 Å². The summed E-state index contributed by atoms with van der Waals surface area (Å²) in [5, 5.41) is 2.00. The highest BCUT2D eigenvalue weighted by molar-refractivity contribution is 7.89. The molecule has 0 radical (unpaired) electrons. The summed E-state index contributed by atoms with van der Waals surface area (Å²) in [5.74, 6) is 1.78. The quantitative estimate of drug-likeness (QED) is 0.689. The second-order valence-electron chi connectivity index (χ2n) is 2.52. The van der Waals surface area contributed by atoms with E-state index in [0.29, 0.717) is 0 Å². The molecule has 0 bridgehead atoms. The third-order valence-electron chi connectivity index (χ3n) is 1.42. The van der Waals surface area contributed by atoms with Crippen LogP contribution >= 0.6 is 0 Å². The fourth-order valence-corrected chi connectivity index (χ4v) is 1.66. The van der Waals surface area contributed by atoms with Crippen molar-refractivity contribution in [1.29, 1.82) is 0 Å². The normalized spacial score (nSPS) is 11.9. The molecule has 0 saturated heterocycles. The summed E-state index contributed by atoms with van der Waals surface area (Å²) < 4.78 is 34.4. The molecule has 74 valence electrons. The Hall–Kier alpha value is -1.21. The molecule has 1 rings (SSSR count). The lowest BCUT2D eigenvalue weighted by Gasteiger charge is -1.94. The summed E-state index contributed by atoms with van der Waals surface area (Å²) in [7, 11) is -1.53. The molecule has 0 aromatic heterocycles. The van der Waals surface area contributed by atoms with Gasteiger partial charge in [-0.1, -0.05) is 30.3 Å². The van der Waals surface area contributed by atoms with Gasteiger partial charge in [-0.25, -0.2) is 4.21 Å². The lowest BCUT2D eigenvalue weighted by atomic mass is 10.2. The lowest BCUT2D eigenvalue weighted by Crippen LogP contribution is -1.92. The molecule has 1 atom stereocenters. The fourth-order valence-electron chi connectivity index (χ4n) is 0.872. The third kappa shape index (κ3) is 4.15. The first-order chi connectivity index (χ1) is 6.68. The second kappa shape index (κ2) is 5.51. The van der Waals surface area contributed by atoms with Gasteiger partial charge < -0.3 is 0 Å². The second-order valence-corrected chi connectivity index (χ2v) is 3.71. The minimum atomic E-state index is -2.71. The van der Waals surface area contributed by atoms with Gasteiger partial charge in [-0.3, -0.25) is 0 Å². The Morgan fingerprint density at radius 3 is 2.50 bits per heavy atom. The van der Waals surface area contributed by atoms with Crippen LogP contribution in [0, 0.1) is 11.2 Å². The van der Waals surface area contributed by atoms with Crippen molar-refractivity contribution in [2.75, 3.05) is 0 Å². The summed E-state index contributed by atoms with van der Waals surface area (Å²) in [5.41, 5.74) is 0.828. The SMILES string of the molecule is O=S(C#CC(F)F)Cc1ccccc1. The van der Waals surface area contributed by atoms with E-state index in [1.807, 2.05) is 11.3 Å². The summed E-state index contributed by atoms with van der Waals surface area (Å²) in [6.07, 6.45) is -2.71. The van der Waals surface area contributed by atoms with E-state index in [4.69, 9.17) is 0 Å². The van der Waals surface area contributed by atoms with Crippen molar-refractivity contribution in [1.82, 2.24) is 0 Å². The average Bonchev–Trinajstić information content (AvgIpc) is 2.16. The Balaban J connectivity index is 2.56. The van der Waals surface area contributed by atoms with Gasteiger partial charge in [-0.2, -0.15) is 8.78 Å². The largest absolute Gasteiger partial charge is 0.299 e. The Bertz CT molecular complexity index is 365.